The molecule has 5 nitrogen and oxygen atoms in total. The molecule has 96 valence electrons. The molecule has 2 atom stereocenters. The summed E-state index contributed by atoms with van der Waals surface area (Å²) in [4.78, 5) is 27.0. The lowest BCUT2D eigenvalue weighted by molar-refractivity contribution is -0.142. The summed E-state index contributed by atoms with van der Waals surface area (Å²) >= 11 is 0. The molecule has 1 fully saturated rings. The maximum atomic E-state index is 12.0. The van der Waals surface area contributed by atoms with E-state index in [-0.39, 0.29) is 11.9 Å². The highest BCUT2D eigenvalue weighted by atomic mass is 16.4. The van der Waals surface area contributed by atoms with Gasteiger partial charge in [0.2, 0.25) is 0 Å². The van der Waals surface area contributed by atoms with Gasteiger partial charge in [-0.1, -0.05) is 6.42 Å². The van der Waals surface area contributed by atoms with Gasteiger partial charge in [-0.15, -0.1) is 0 Å². The summed E-state index contributed by atoms with van der Waals surface area (Å²) in [5, 5.41) is 11.9. The van der Waals surface area contributed by atoms with Crippen LogP contribution < -0.4 is 5.32 Å². The van der Waals surface area contributed by atoms with Crippen molar-refractivity contribution in [2.75, 3.05) is 0 Å². The van der Waals surface area contributed by atoms with Crippen LogP contribution in [0.25, 0.3) is 0 Å². The highest BCUT2D eigenvalue weighted by Crippen LogP contribution is 2.26. The molecule has 0 saturated heterocycles. The molecular weight excluding hydrogens is 232 g/mol. The van der Waals surface area contributed by atoms with Crippen molar-refractivity contribution in [3.8, 4) is 0 Å². The first kappa shape index (κ1) is 12.5. The molecule has 18 heavy (non-hydrogen) atoms. The molecule has 1 saturated carbocycles. The van der Waals surface area contributed by atoms with Gasteiger partial charge in [-0.3, -0.25) is 14.6 Å². The summed E-state index contributed by atoms with van der Waals surface area (Å²) in [6.45, 7) is 1.81. The molecule has 0 spiro atoms. The third-order valence-electron chi connectivity index (χ3n) is 3.31. The maximum Gasteiger partial charge on any atom is 0.308 e. The van der Waals surface area contributed by atoms with Crippen molar-refractivity contribution < 1.29 is 14.7 Å². The normalized spacial score (nSPS) is 22.7. The third kappa shape index (κ3) is 2.67. The number of carbonyl (C=O) groups is 2. The molecule has 0 bridgehead atoms. The van der Waals surface area contributed by atoms with Crippen molar-refractivity contribution >= 4 is 11.9 Å². The smallest absolute Gasteiger partial charge is 0.308 e. The van der Waals surface area contributed by atoms with Crippen molar-refractivity contribution in [3.05, 3.63) is 29.6 Å². The molecule has 1 heterocycles. The van der Waals surface area contributed by atoms with Gasteiger partial charge in [-0.05, 0) is 31.9 Å². The van der Waals surface area contributed by atoms with E-state index in [1.807, 2.05) is 6.92 Å². The van der Waals surface area contributed by atoms with Crippen LogP contribution in [0.15, 0.2) is 18.3 Å². The molecule has 1 aromatic heterocycles. The average Bonchev–Trinajstić information content (AvgIpc) is 2.77. The number of nitrogens with one attached hydrogen (secondary N) is 1. The SMILES string of the molecule is Cc1cc(C(=O)NC2CCCC2C(=O)O)ccn1. The summed E-state index contributed by atoms with van der Waals surface area (Å²) < 4.78 is 0. The predicted molar refractivity (Wildman–Crippen MR) is 65.2 cm³/mol. The Morgan fingerprint density at radius 3 is 2.89 bits per heavy atom. The highest BCUT2D eigenvalue weighted by molar-refractivity contribution is 5.94. The summed E-state index contributed by atoms with van der Waals surface area (Å²) in [5.74, 6) is -1.51. The number of carboxylic acids is 1. The Kier molecular flexibility index (Phi) is 3.60. The zero-order valence-electron chi connectivity index (χ0n) is 10.2. The zero-order valence-corrected chi connectivity index (χ0v) is 10.2. The number of aryl methyl sites for hydroxylation is 1. The molecule has 2 unspecified atom stereocenters. The lowest BCUT2D eigenvalue weighted by Gasteiger charge is -2.17. The van der Waals surface area contributed by atoms with Crippen LogP contribution in [0.4, 0.5) is 0 Å². The average molecular weight is 248 g/mol. The fourth-order valence-corrected chi connectivity index (χ4v) is 2.37. The Hall–Kier alpha value is -1.91. The number of carboxylic acid groups (broad SMARTS) is 1. The molecule has 0 aromatic carbocycles. The Bertz CT molecular complexity index is 473. The van der Waals surface area contributed by atoms with Gasteiger partial charge in [0, 0.05) is 23.5 Å². The standard InChI is InChI=1S/C13H16N2O3/c1-8-7-9(5-6-14-8)12(16)15-11-4-2-3-10(11)13(17)18/h5-7,10-11H,2-4H2,1H3,(H,15,16)(H,17,18). The number of aliphatic carboxylic acids is 1. The van der Waals surface area contributed by atoms with Crippen LogP contribution in [0.3, 0.4) is 0 Å². The summed E-state index contributed by atoms with van der Waals surface area (Å²) in [5.41, 5.74) is 1.29. The molecule has 0 aliphatic heterocycles. The quantitative estimate of drug-likeness (QED) is 0.846. The van der Waals surface area contributed by atoms with Crippen molar-refractivity contribution in [3.63, 3.8) is 0 Å². The fourth-order valence-electron chi connectivity index (χ4n) is 2.37. The largest absolute Gasteiger partial charge is 0.481 e. The van der Waals surface area contributed by atoms with Gasteiger partial charge in [-0.2, -0.15) is 0 Å². The minimum absolute atomic E-state index is 0.223. The summed E-state index contributed by atoms with van der Waals surface area (Å²) in [7, 11) is 0. The number of amides is 1. The molecular formula is C13H16N2O3. The Morgan fingerprint density at radius 2 is 2.22 bits per heavy atom. The molecule has 1 amide bonds. The Labute approximate surface area is 105 Å². The number of carbonyl (C=O) groups excluding carboxylic acids is 1. The van der Waals surface area contributed by atoms with Gasteiger partial charge in [0.25, 0.3) is 5.91 Å². The van der Waals surface area contributed by atoms with Crippen molar-refractivity contribution in [1.82, 2.24) is 10.3 Å². The van der Waals surface area contributed by atoms with Crippen molar-refractivity contribution in [2.24, 2.45) is 5.92 Å². The van der Waals surface area contributed by atoms with Gasteiger partial charge in [0.1, 0.15) is 0 Å². The van der Waals surface area contributed by atoms with E-state index in [1.54, 1.807) is 18.3 Å². The molecule has 1 aromatic rings. The topological polar surface area (TPSA) is 79.3 Å². The number of hydrogen-bond acceptors (Lipinski definition) is 3. The van der Waals surface area contributed by atoms with Gasteiger partial charge >= 0.3 is 5.97 Å². The first-order chi connectivity index (χ1) is 8.58. The van der Waals surface area contributed by atoms with Crippen molar-refractivity contribution in [2.45, 2.75) is 32.2 Å². The summed E-state index contributed by atoms with van der Waals surface area (Å²) in [6, 6.07) is 3.07. The van der Waals surface area contributed by atoms with Gasteiger partial charge < -0.3 is 10.4 Å². The predicted octanol–water partition coefficient (Wildman–Crippen LogP) is 1.37. The van der Waals surface area contributed by atoms with Gasteiger partial charge in [-0.25, -0.2) is 0 Å². The maximum absolute atomic E-state index is 12.0. The second-order valence-corrected chi connectivity index (χ2v) is 4.64. The molecule has 2 rings (SSSR count). The minimum Gasteiger partial charge on any atom is -0.481 e. The lowest BCUT2D eigenvalue weighted by Crippen LogP contribution is -2.40. The van der Waals surface area contributed by atoms with Crippen LogP contribution in [0.1, 0.15) is 35.3 Å². The lowest BCUT2D eigenvalue weighted by atomic mass is 10.0. The summed E-state index contributed by atoms with van der Waals surface area (Å²) in [6.07, 6.45) is 3.79. The van der Waals surface area contributed by atoms with Crippen LogP contribution in [0, 0.1) is 12.8 Å². The van der Waals surface area contributed by atoms with E-state index in [0.29, 0.717) is 12.0 Å². The molecule has 1 aliphatic rings. The van der Waals surface area contributed by atoms with Crippen LogP contribution in [0.5, 0.6) is 0 Å². The third-order valence-corrected chi connectivity index (χ3v) is 3.31. The van der Waals surface area contributed by atoms with Gasteiger partial charge in [0.15, 0.2) is 0 Å². The first-order valence-corrected chi connectivity index (χ1v) is 6.04. The first-order valence-electron chi connectivity index (χ1n) is 6.04. The zero-order chi connectivity index (χ0) is 13.1. The number of nitrogens with zero attached hydrogens (tertiary/aromatic N) is 1. The van der Waals surface area contributed by atoms with E-state index >= 15 is 0 Å². The van der Waals surface area contributed by atoms with E-state index in [2.05, 4.69) is 10.3 Å². The number of hydrogen-bond donors (Lipinski definition) is 2. The van der Waals surface area contributed by atoms with Crippen molar-refractivity contribution in [1.29, 1.82) is 0 Å². The van der Waals surface area contributed by atoms with E-state index < -0.39 is 11.9 Å². The monoisotopic (exact) mass is 248 g/mol. The number of aromatic nitrogens is 1. The van der Waals surface area contributed by atoms with Crippen LogP contribution >= 0.6 is 0 Å². The van der Waals surface area contributed by atoms with E-state index in [0.717, 1.165) is 18.5 Å². The Morgan fingerprint density at radius 1 is 1.44 bits per heavy atom. The molecule has 2 N–H and O–H groups in total. The van der Waals surface area contributed by atoms with Crippen LogP contribution in [-0.4, -0.2) is 28.0 Å². The molecule has 5 heteroatoms. The number of pyridine rings is 1. The Balaban J connectivity index is 2.05. The minimum atomic E-state index is -0.830. The molecule has 1 aliphatic carbocycles. The second-order valence-electron chi connectivity index (χ2n) is 4.64. The van der Waals surface area contributed by atoms with E-state index in [1.165, 1.54) is 0 Å². The van der Waals surface area contributed by atoms with E-state index in [9.17, 15) is 9.59 Å². The second kappa shape index (κ2) is 5.16. The highest BCUT2D eigenvalue weighted by Gasteiger charge is 2.33. The number of rotatable bonds is 3. The molecule has 0 radical (unpaired) electrons. The van der Waals surface area contributed by atoms with Gasteiger partial charge in [0.05, 0.1) is 5.92 Å². The van der Waals surface area contributed by atoms with Crippen LogP contribution in [0.2, 0.25) is 0 Å². The fraction of sp³-hybridized carbons (Fsp3) is 0.462. The van der Waals surface area contributed by atoms with Crippen LogP contribution in [-0.2, 0) is 4.79 Å². The van der Waals surface area contributed by atoms with E-state index in [4.69, 9.17) is 5.11 Å².